The molecule has 8 nitrogen and oxygen atoms in total. The fourth-order valence-electron chi connectivity index (χ4n) is 5.28. The zero-order chi connectivity index (χ0) is 25.2. The van der Waals surface area contributed by atoms with Crippen LogP contribution in [0.5, 0.6) is 5.75 Å². The highest BCUT2D eigenvalue weighted by Gasteiger charge is 2.40. The minimum atomic E-state index is -0.249. The molecule has 5 rings (SSSR count). The van der Waals surface area contributed by atoms with Gasteiger partial charge in [0, 0.05) is 51.5 Å². The number of hydrazine groups is 1. The van der Waals surface area contributed by atoms with Crippen LogP contribution in [0.1, 0.15) is 35.6 Å². The molecule has 36 heavy (non-hydrogen) atoms. The third-order valence-corrected chi connectivity index (χ3v) is 7.63. The van der Waals surface area contributed by atoms with Crippen LogP contribution in [0.25, 0.3) is 0 Å². The second-order valence-corrected chi connectivity index (χ2v) is 9.80. The zero-order valence-corrected chi connectivity index (χ0v) is 21.3. The molecule has 2 aromatic rings. The molecule has 1 N–H and O–H groups in total. The Morgan fingerprint density at radius 1 is 1.03 bits per heavy atom. The van der Waals surface area contributed by atoms with Gasteiger partial charge in [0.1, 0.15) is 11.8 Å². The molecule has 3 aliphatic rings. The van der Waals surface area contributed by atoms with Crippen LogP contribution in [0.15, 0.2) is 54.9 Å². The van der Waals surface area contributed by atoms with Crippen molar-refractivity contribution in [2.45, 2.75) is 38.8 Å². The van der Waals surface area contributed by atoms with Gasteiger partial charge in [-0.1, -0.05) is 30.3 Å². The highest BCUT2D eigenvalue weighted by Crippen LogP contribution is 2.32. The minimum Gasteiger partial charge on any atom is -0.495 e. The van der Waals surface area contributed by atoms with Gasteiger partial charge in [0.05, 0.1) is 18.8 Å². The average Bonchev–Trinajstić information content (AvgIpc) is 3.35. The van der Waals surface area contributed by atoms with E-state index in [9.17, 15) is 9.59 Å². The number of carbonyl (C=O) groups excluding carboxylic acids is 2. The molecule has 2 saturated heterocycles. The first kappa shape index (κ1) is 24.2. The monoisotopic (exact) mass is 489 g/mol. The number of benzene rings is 2. The molecule has 3 heterocycles. The quantitative estimate of drug-likeness (QED) is 0.673. The standard InChI is InChI=1S/C28H35N5O3/c1-20-8-9-22(18-21(20)2)23-19-25-28(35)32(16-17-33(25)29-23)11-10-27(34)31-14-12-30(13-15-31)24-6-4-5-7-26(24)36-3/h4-9,16-18,23,25,29H,10-15,19H2,1-3H3. The molecule has 2 fully saturated rings. The molecular weight excluding hydrogens is 454 g/mol. The first-order valence-electron chi connectivity index (χ1n) is 12.7. The van der Waals surface area contributed by atoms with Gasteiger partial charge in [0.15, 0.2) is 0 Å². The van der Waals surface area contributed by atoms with E-state index in [1.165, 1.54) is 16.7 Å². The topological polar surface area (TPSA) is 68.4 Å². The summed E-state index contributed by atoms with van der Waals surface area (Å²) in [6.45, 7) is 7.48. The van der Waals surface area contributed by atoms with Crippen molar-refractivity contribution >= 4 is 17.5 Å². The number of aryl methyl sites for hydroxylation is 2. The summed E-state index contributed by atoms with van der Waals surface area (Å²) >= 11 is 0. The Bertz CT molecular complexity index is 1160. The normalized spacial score (nSPS) is 21.7. The SMILES string of the molecule is COc1ccccc1N1CCN(C(=O)CCN2C=CN3NC(c4ccc(C)c(C)c4)CC3C2=O)CC1. The van der Waals surface area contributed by atoms with Crippen molar-refractivity contribution in [3.8, 4) is 5.75 Å². The number of nitrogens with one attached hydrogen (secondary N) is 1. The second-order valence-electron chi connectivity index (χ2n) is 9.80. The summed E-state index contributed by atoms with van der Waals surface area (Å²) in [7, 11) is 1.68. The predicted molar refractivity (Wildman–Crippen MR) is 139 cm³/mol. The van der Waals surface area contributed by atoms with E-state index >= 15 is 0 Å². The fourth-order valence-corrected chi connectivity index (χ4v) is 5.28. The molecule has 0 aliphatic carbocycles. The van der Waals surface area contributed by atoms with E-state index < -0.39 is 0 Å². The van der Waals surface area contributed by atoms with E-state index in [0.717, 1.165) is 24.5 Å². The van der Waals surface area contributed by atoms with E-state index in [2.05, 4.69) is 48.4 Å². The van der Waals surface area contributed by atoms with E-state index in [1.54, 1.807) is 18.2 Å². The third kappa shape index (κ3) is 4.78. The number of fused-ring (bicyclic) bond motifs is 1. The Labute approximate surface area is 213 Å². The van der Waals surface area contributed by atoms with Gasteiger partial charge in [-0.2, -0.15) is 0 Å². The summed E-state index contributed by atoms with van der Waals surface area (Å²) in [5.41, 5.74) is 8.24. The number of piperazine rings is 1. The Hall–Kier alpha value is -3.52. The molecule has 0 aromatic heterocycles. The fraction of sp³-hybridized carbons (Fsp3) is 0.429. The molecule has 2 unspecified atom stereocenters. The smallest absolute Gasteiger partial charge is 0.250 e. The summed E-state index contributed by atoms with van der Waals surface area (Å²) in [6, 6.07) is 14.3. The number of nitrogens with zero attached hydrogens (tertiary/aromatic N) is 4. The van der Waals surface area contributed by atoms with Gasteiger partial charge in [-0.3, -0.25) is 9.59 Å². The summed E-state index contributed by atoms with van der Waals surface area (Å²) in [5, 5.41) is 1.91. The number of rotatable bonds is 6. The number of para-hydroxylation sites is 2. The van der Waals surface area contributed by atoms with Gasteiger partial charge >= 0.3 is 0 Å². The van der Waals surface area contributed by atoms with Crippen LogP contribution in [0, 0.1) is 13.8 Å². The molecule has 0 spiro atoms. The van der Waals surface area contributed by atoms with Crippen molar-refractivity contribution in [1.29, 1.82) is 0 Å². The van der Waals surface area contributed by atoms with Crippen molar-refractivity contribution < 1.29 is 14.3 Å². The number of carbonyl (C=O) groups is 2. The third-order valence-electron chi connectivity index (χ3n) is 7.63. The maximum Gasteiger partial charge on any atom is 0.250 e. The Balaban J connectivity index is 1.13. The minimum absolute atomic E-state index is 0.0464. The molecule has 2 amide bonds. The van der Waals surface area contributed by atoms with Crippen LogP contribution in [0.4, 0.5) is 5.69 Å². The van der Waals surface area contributed by atoms with Crippen LogP contribution in [0.3, 0.4) is 0 Å². The maximum atomic E-state index is 13.2. The van der Waals surface area contributed by atoms with Crippen LogP contribution in [-0.4, -0.2) is 72.5 Å². The van der Waals surface area contributed by atoms with Gasteiger partial charge in [-0.15, -0.1) is 0 Å². The van der Waals surface area contributed by atoms with Crippen molar-refractivity contribution in [2.75, 3.05) is 44.7 Å². The average molecular weight is 490 g/mol. The number of amides is 2. The van der Waals surface area contributed by atoms with Crippen LogP contribution < -0.4 is 15.1 Å². The van der Waals surface area contributed by atoms with Crippen LogP contribution in [0.2, 0.25) is 0 Å². The molecular formula is C28H35N5O3. The highest BCUT2D eigenvalue weighted by molar-refractivity contribution is 5.85. The van der Waals surface area contributed by atoms with Crippen LogP contribution >= 0.6 is 0 Å². The summed E-state index contributed by atoms with van der Waals surface area (Å²) < 4.78 is 5.49. The lowest BCUT2D eigenvalue weighted by Gasteiger charge is -2.37. The largest absolute Gasteiger partial charge is 0.495 e. The van der Waals surface area contributed by atoms with Crippen LogP contribution in [-0.2, 0) is 9.59 Å². The van der Waals surface area contributed by atoms with Crippen molar-refractivity contribution in [1.82, 2.24) is 20.2 Å². The molecule has 0 bridgehead atoms. The second kappa shape index (κ2) is 10.2. The van der Waals surface area contributed by atoms with Gasteiger partial charge in [0.2, 0.25) is 5.91 Å². The van der Waals surface area contributed by atoms with Gasteiger partial charge in [-0.25, -0.2) is 5.43 Å². The maximum absolute atomic E-state index is 13.2. The molecule has 2 aromatic carbocycles. The molecule has 0 radical (unpaired) electrons. The summed E-state index contributed by atoms with van der Waals surface area (Å²) in [6.07, 6.45) is 4.75. The lowest BCUT2D eigenvalue weighted by atomic mass is 9.97. The number of hydrogen-bond acceptors (Lipinski definition) is 6. The van der Waals surface area contributed by atoms with Crippen molar-refractivity contribution in [2.24, 2.45) is 0 Å². The van der Waals surface area contributed by atoms with Gasteiger partial charge in [0.25, 0.3) is 5.91 Å². The number of ether oxygens (including phenoxy) is 1. The number of hydrogen-bond donors (Lipinski definition) is 1. The first-order chi connectivity index (χ1) is 17.4. The Kier molecular flexibility index (Phi) is 6.87. The van der Waals surface area contributed by atoms with E-state index in [0.29, 0.717) is 32.5 Å². The molecule has 8 heteroatoms. The molecule has 2 atom stereocenters. The zero-order valence-electron chi connectivity index (χ0n) is 21.3. The Morgan fingerprint density at radius 2 is 1.81 bits per heavy atom. The van der Waals surface area contributed by atoms with Crippen molar-refractivity contribution in [3.63, 3.8) is 0 Å². The predicted octanol–water partition coefficient (Wildman–Crippen LogP) is 2.98. The van der Waals surface area contributed by atoms with E-state index in [4.69, 9.17) is 4.74 Å². The van der Waals surface area contributed by atoms with Gasteiger partial charge < -0.3 is 24.4 Å². The summed E-state index contributed by atoms with van der Waals surface area (Å²) in [5.74, 6) is 0.990. The molecule has 190 valence electrons. The lowest BCUT2D eigenvalue weighted by Crippen LogP contribution is -2.50. The number of methoxy groups -OCH3 is 1. The lowest BCUT2D eigenvalue weighted by molar-refractivity contribution is -0.136. The molecule has 3 aliphatic heterocycles. The summed E-state index contributed by atoms with van der Waals surface area (Å²) in [4.78, 5) is 32.0. The van der Waals surface area contributed by atoms with Crippen molar-refractivity contribution in [3.05, 3.63) is 71.6 Å². The molecule has 0 saturated carbocycles. The van der Waals surface area contributed by atoms with Gasteiger partial charge in [-0.05, 0) is 49.1 Å². The number of anilines is 1. The van der Waals surface area contributed by atoms with E-state index in [-0.39, 0.29) is 23.9 Å². The van der Waals surface area contributed by atoms with E-state index in [1.807, 2.05) is 34.3 Å². The Morgan fingerprint density at radius 3 is 2.56 bits per heavy atom. The highest BCUT2D eigenvalue weighted by atomic mass is 16.5. The first-order valence-corrected chi connectivity index (χ1v) is 12.7.